The summed E-state index contributed by atoms with van der Waals surface area (Å²) in [7, 11) is 0. The normalized spacial score (nSPS) is 14.1. The second-order valence-corrected chi connectivity index (χ2v) is 1.54. The summed E-state index contributed by atoms with van der Waals surface area (Å²) < 4.78 is 0. The van der Waals surface area contributed by atoms with Crippen molar-refractivity contribution in [2.75, 3.05) is 0 Å². The van der Waals surface area contributed by atoms with Gasteiger partial charge < -0.3 is 17.2 Å². The van der Waals surface area contributed by atoms with E-state index in [0.717, 1.165) is 0 Å². The summed E-state index contributed by atoms with van der Waals surface area (Å²) in [5, 5.41) is 0.271. The molecule has 0 atom stereocenters. The van der Waals surface area contributed by atoms with Crippen molar-refractivity contribution in [3.05, 3.63) is 23.1 Å². The Hall–Kier alpha value is -0.830. The first-order valence-corrected chi connectivity index (χ1v) is 2.35. The second kappa shape index (κ2) is 3.21. The maximum Gasteiger partial charge on any atom is 0.0804 e. The van der Waals surface area contributed by atoms with Crippen LogP contribution < -0.4 is 17.2 Å². The Labute approximate surface area is 52.8 Å². The summed E-state index contributed by atoms with van der Waals surface area (Å²) in [6.07, 6.45) is 2.37. The fourth-order valence-electron chi connectivity index (χ4n) is 0.176. The van der Waals surface area contributed by atoms with Gasteiger partial charge in [0.1, 0.15) is 0 Å². The largest absolute Gasteiger partial charge is 0.403 e. The van der Waals surface area contributed by atoms with Crippen LogP contribution in [0.4, 0.5) is 0 Å². The predicted octanol–water partition coefficient (Wildman–Crippen LogP) is -0.216. The quantitative estimate of drug-likeness (QED) is 0.433. The zero-order valence-electron chi connectivity index (χ0n) is 4.26. The highest BCUT2D eigenvalue weighted by Crippen LogP contribution is 2.04. The van der Waals surface area contributed by atoms with E-state index in [1.807, 2.05) is 0 Å². The van der Waals surface area contributed by atoms with Crippen LogP contribution >= 0.6 is 11.6 Å². The molecule has 6 N–H and O–H groups in total. The molecule has 0 aliphatic rings. The van der Waals surface area contributed by atoms with Gasteiger partial charge in [0, 0.05) is 12.4 Å². The van der Waals surface area contributed by atoms with Gasteiger partial charge in [0.15, 0.2) is 0 Å². The van der Waals surface area contributed by atoms with E-state index in [-0.39, 0.29) is 10.7 Å². The molecule has 0 rings (SSSR count). The molecule has 0 fully saturated rings. The van der Waals surface area contributed by atoms with Gasteiger partial charge in [-0.3, -0.25) is 0 Å². The summed E-state index contributed by atoms with van der Waals surface area (Å²) in [4.78, 5) is 0. The fourth-order valence-corrected chi connectivity index (χ4v) is 0.239. The molecule has 0 saturated heterocycles. The number of hydrogen-bond donors (Lipinski definition) is 3. The van der Waals surface area contributed by atoms with Gasteiger partial charge in [0.05, 0.1) is 10.7 Å². The van der Waals surface area contributed by atoms with Gasteiger partial charge in [-0.2, -0.15) is 0 Å². The van der Waals surface area contributed by atoms with Crippen LogP contribution in [-0.4, -0.2) is 0 Å². The van der Waals surface area contributed by atoms with Crippen LogP contribution in [0, 0.1) is 0 Å². The molecular formula is C4H8ClN3. The molecule has 4 heteroatoms. The lowest BCUT2D eigenvalue weighted by atomic mass is 10.5. The van der Waals surface area contributed by atoms with Crippen molar-refractivity contribution in [2.24, 2.45) is 17.2 Å². The molecule has 0 unspecified atom stereocenters. The van der Waals surface area contributed by atoms with E-state index < -0.39 is 0 Å². The molecule has 0 aromatic heterocycles. The third kappa shape index (κ3) is 1.75. The second-order valence-electron chi connectivity index (χ2n) is 1.14. The Morgan fingerprint density at radius 1 is 1.25 bits per heavy atom. The SMILES string of the molecule is N/C=C(N)\C(Cl)=C/N. The van der Waals surface area contributed by atoms with Crippen LogP contribution in [0.3, 0.4) is 0 Å². The van der Waals surface area contributed by atoms with Crippen molar-refractivity contribution >= 4 is 11.6 Å². The van der Waals surface area contributed by atoms with E-state index in [9.17, 15) is 0 Å². The van der Waals surface area contributed by atoms with Gasteiger partial charge in [-0.05, 0) is 0 Å². The Balaban J connectivity index is 4.04. The monoisotopic (exact) mass is 133 g/mol. The van der Waals surface area contributed by atoms with Gasteiger partial charge in [-0.25, -0.2) is 0 Å². The number of hydrogen-bond acceptors (Lipinski definition) is 3. The third-order valence-corrected chi connectivity index (χ3v) is 0.946. The molecule has 3 nitrogen and oxygen atoms in total. The topological polar surface area (TPSA) is 78.1 Å². The Kier molecular flexibility index (Phi) is 2.88. The van der Waals surface area contributed by atoms with Crippen molar-refractivity contribution < 1.29 is 0 Å². The lowest BCUT2D eigenvalue weighted by Gasteiger charge is -1.92. The van der Waals surface area contributed by atoms with Crippen molar-refractivity contribution in [3.63, 3.8) is 0 Å². The van der Waals surface area contributed by atoms with E-state index in [1.54, 1.807) is 0 Å². The zero-order valence-corrected chi connectivity index (χ0v) is 5.02. The summed E-state index contributed by atoms with van der Waals surface area (Å²) >= 11 is 5.38. The Morgan fingerprint density at radius 2 is 1.75 bits per heavy atom. The first-order chi connectivity index (χ1) is 3.72. The van der Waals surface area contributed by atoms with Crippen LogP contribution in [0.2, 0.25) is 0 Å². The Morgan fingerprint density at radius 3 is 1.88 bits per heavy atom. The molecule has 0 amide bonds. The maximum atomic E-state index is 5.38. The highest BCUT2D eigenvalue weighted by Gasteiger charge is 1.90. The van der Waals surface area contributed by atoms with Gasteiger partial charge >= 0.3 is 0 Å². The highest BCUT2D eigenvalue weighted by atomic mass is 35.5. The number of nitrogens with two attached hydrogens (primary N) is 3. The lowest BCUT2D eigenvalue weighted by Crippen LogP contribution is -2.01. The molecule has 46 valence electrons. The van der Waals surface area contributed by atoms with Crippen molar-refractivity contribution in [1.82, 2.24) is 0 Å². The smallest absolute Gasteiger partial charge is 0.0804 e. The first-order valence-electron chi connectivity index (χ1n) is 1.97. The molecule has 0 saturated carbocycles. The van der Waals surface area contributed by atoms with Gasteiger partial charge in [-0.15, -0.1) is 0 Å². The minimum Gasteiger partial charge on any atom is -0.403 e. The molecule has 0 spiro atoms. The molecular weight excluding hydrogens is 126 g/mol. The fraction of sp³-hybridized carbons (Fsp3) is 0. The molecule has 0 aromatic carbocycles. The molecule has 0 aromatic rings. The third-order valence-electron chi connectivity index (χ3n) is 0.602. The summed E-state index contributed by atoms with van der Waals surface area (Å²) in [6.45, 7) is 0. The Bertz CT molecular complexity index is 111. The van der Waals surface area contributed by atoms with Crippen LogP contribution in [0.25, 0.3) is 0 Å². The van der Waals surface area contributed by atoms with Crippen LogP contribution in [0.1, 0.15) is 0 Å². The minimum absolute atomic E-state index is 0.271. The lowest BCUT2D eigenvalue weighted by molar-refractivity contribution is 1.33. The van der Waals surface area contributed by atoms with E-state index in [0.29, 0.717) is 0 Å². The predicted molar refractivity (Wildman–Crippen MR) is 34.6 cm³/mol. The van der Waals surface area contributed by atoms with E-state index in [4.69, 9.17) is 28.8 Å². The van der Waals surface area contributed by atoms with Gasteiger partial charge in [0.25, 0.3) is 0 Å². The summed E-state index contributed by atoms with van der Waals surface area (Å²) in [6, 6.07) is 0. The minimum atomic E-state index is 0.271. The molecule has 8 heavy (non-hydrogen) atoms. The van der Waals surface area contributed by atoms with Crippen molar-refractivity contribution in [2.45, 2.75) is 0 Å². The van der Waals surface area contributed by atoms with Crippen molar-refractivity contribution in [1.29, 1.82) is 0 Å². The van der Waals surface area contributed by atoms with Crippen LogP contribution in [0.15, 0.2) is 23.1 Å². The number of rotatable bonds is 1. The maximum absolute atomic E-state index is 5.38. The average molecular weight is 134 g/mol. The standard InChI is InChI=1S/C4H8ClN3/c5-3(1-6)4(8)2-7/h1-2H,6-8H2/b3-1+,4-2+. The molecule has 0 aliphatic heterocycles. The first kappa shape index (κ1) is 7.17. The summed E-state index contributed by atoms with van der Waals surface area (Å²) in [5.41, 5.74) is 15.4. The number of allylic oxidation sites excluding steroid dienone is 1. The molecule has 0 radical (unpaired) electrons. The van der Waals surface area contributed by atoms with Crippen LogP contribution in [-0.2, 0) is 0 Å². The van der Waals surface area contributed by atoms with Gasteiger partial charge in [0.2, 0.25) is 0 Å². The van der Waals surface area contributed by atoms with Crippen LogP contribution in [0.5, 0.6) is 0 Å². The van der Waals surface area contributed by atoms with E-state index in [1.165, 1.54) is 12.4 Å². The molecule has 0 heterocycles. The van der Waals surface area contributed by atoms with E-state index >= 15 is 0 Å². The zero-order chi connectivity index (χ0) is 6.57. The molecule has 0 aliphatic carbocycles. The number of halogens is 1. The van der Waals surface area contributed by atoms with Gasteiger partial charge in [-0.1, -0.05) is 11.6 Å². The average Bonchev–Trinajstić information content (AvgIpc) is 1.84. The highest BCUT2D eigenvalue weighted by molar-refractivity contribution is 6.31. The van der Waals surface area contributed by atoms with E-state index in [2.05, 4.69) is 0 Å². The summed E-state index contributed by atoms with van der Waals surface area (Å²) in [5.74, 6) is 0. The molecule has 0 bridgehead atoms. The van der Waals surface area contributed by atoms with Crippen molar-refractivity contribution in [3.8, 4) is 0 Å².